The normalized spacial score (nSPS) is 17.8. The largest absolute Gasteiger partial charge is 0.356 e. The van der Waals surface area contributed by atoms with Crippen molar-refractivity contribution in [1.29, 1.82) is 0 Å². The van der Waals surface area contributed by atoms with E-state index in [4.69, 9.17) is 0 Å². The van der Waals surface area contributed by atoms with E-state index in [0.717, 1.165) is 44.2 Å². The Hall–Kier alpha value is -1.04. The topological polar surface area (TPSA) is 57.3 Å². The van der Waals surface area contributed by atoms with Crippen LogP contribution in [0.5, 0.6) is 0 Å². The Morgan fingerprint density at radius 2 is 1.91 bits per heavy atom. The van der Waals surface area contributed by atoms with Crippen molar-refractivity contribution in [2.45, 2.75) is 31.7 Å². The second kappa shape index (κ2) is 9.96. The van der Waals surface area contributed by atoms with Crippen LogP contribution in [0.1, 0.15) is 25.7 Å². The molecule has 3 rings (SSSR count). The van der Waals surface area contributed by atoms with Crippen LogP contribution in [0.3, 0.4) is 0 Å². The van der Waals surface area contributed by atoms with Gasteiger partial charge >= 0.3 is 0 Å². The zero-order valence-electron chi connectivity index (χ0n) is 13.2. The lowest BCUT2D eigenvalue weighted by Crippen LogP contribution is -2.47. The maximum absolute atomic E-state index is 11.9. The molecule has 2 aliphatic rings. The number of carbonyl (C=O) groups excluding carboxylic acids is 1. The highest BCUT2D eigenvalue weighted by molar-refractivity contribution is 5.85. The lowest BCUT2D eigenvalue weighted by molar-refractivity contribution is -0.121. The van der Waals surface area contributed by atoms with Gasteiger partial charge in [-0.1, -0.05) is 6.07 Å². The zero-order valence-corrected chi connectivity index (χ0v) is 14.9. The van der Waals surface area contributed by atoms with Crippen molar-refractivity contribution in [3.8, 4) is 0 Å². The van der Waals surface area contributed by atoms with Gasteiger partial charge in [-0.25, -0.2) is 4.98 Å². The average Bonchev–Trinajstić information content (AvgIpc) is 3.33. The quantitative estimate of drug-likeness (QED) is 0.814. The summed E-state index contributed by atoms with van der Waals surface area (Å²) in [5, 5.41) is 6.38. The van der Waals surface area contributed by atoms with Crippen LogP contribution in [0.2, 0.25) is 0 Å². The van der Waals surface area contributed by atoms with E-state index >= 15 is 0 Å². The molecular weight excluding hydrogens is 335 g/mol. The molecule has 0 atom stereocenters. The van der Waals surface area contributed by atoms with E-state index in [1.54, 1.807) is 0 Å². The highest BCUT2D eigenvalue weighted by Crippen LogP contribution is 2.27. The molecule has 130 valence electrons. The van der Waals surface area contributed by atoms with Crippen molar-refractivity contribution in [2.75, 3.05) is 31.1 Å². The van der Waals surface area contributed by atoms with E-state index in [2.05, 4.69) is 20.5 Å². The fourth-order valence-electron chi connectivity index (χ4n) is 2.78. The first-order valence-corrected chi connectivity index (χ1v) is 7.97. The molecule has 23 heavy (non-hydrogen) atoms. The summed E-state index contributed by atoms with van der Waals surface area (Å²) in [4.78, 5) is 18.5. The van der Waals surface area contributed by atoms with E-state index in [1.807, 2.05) is 24.4 Å². The molecular formula is C16H26Cl2N4O. The third-order valence-electron chi connectivity index (χ3n) is 4.25. The third-order valence-corrected chi connectivity index (χ3v) is 4.25. The van der Waals surface area contributed by atoms with Crippen LogP contribution < -0.4 is 15.5 Å². The smallest absolute Gasteiger partial charge is 0.234 e. The number of amides is 1. The van der Waals surface area contributed by atoms with Crippen molar-refractivity contribution in [3.05, 3.63) is 24.4 Å². The maximum atomic E-state index is 11.9. The molecule has 1 aliphatic carbocycles. The van der Waals surface area contributed by atoms with Gasteiger partial charge in [-0.15, -0.1) is 24.8 Å². The molecule has 1 amide bonds. The Balaban J connectivity index is 0.00000132. The lowest BCUT2D eigenvalue weighted by Gasteiger charge is -2.33. The molecule has 0 aromatic carbocycles. The summed E-state index contributed by atoms with van der Waals surface area (Å²) in [7, 11) is 0. The summed E-state index contributed by atoms with van der Waals surface area (Å²) in [5.74, 6) is 1.99. The second-order valence-corrected chi connectivity index (χ2v) is 6.09. The monoisotopic (exact) mass is 360 g/mol. The minimum Gasteiger partial charge on any atom is -0.356 e. The first-order valence-electron chi connectivity index (χ1n) is 7.97. The highest BCUT2D eigenvalue weighted by Gasteiger charge is 2.22. The summed E-state index contributed by atoms with van der Waals surface area (Å²) < 4.78 is 0. The van der Waals surface area contributed by atoms with Gasteiger partial charge in [0.1, 0.15) is 5.82 Å². The fraction of sp³-hybridized carbons (Fsp3) is 0.625. The first-order chi connectivity index (χ1) is 10.3. The summed E-state index contributed by atoms with van der Waals surface area (Å²) in [6.07, 6.45) is 6.45. The number of hydrogen-bond donors (Lipinski definition) is 2. The molecule has 0 radical (unpaired) electrons. The van der Waals surface area contributed by atoms with Crippen molar-refractivity contribution >= 4 is 36.5 Å². The molecule has 5 nitrogen and oxygen atoms in total. The van der Waals surface area contributed by atoms with E-state index in [-0.39, 0.29) is 30.7 Å². The molecule has 0 unspecified atom stereocenters. The van der Waals surface area contributed by atoms with Crippen molar-refractivity contribution < 1.29 is 4.79 Å². The summed E-state index contributed by atoms with van der Waals surface area (Å²) >= 11 is 0. The van der Waals surface area contributed by atoms with Crippen LogP contribution in [-0.4, -0.2) is 43.1 Å². The molecule has 1 saturated carbocycles. The Morgan fingerprint density at radius 3 is 2.52 bits per heavy atom. The standard InChI is InChI=1S/C16H24N4O.2ClH/c21-16(12-17-11-13-4-5-13)19-14-6-9-20(10-7-14)15-3-1-2-8-18-15;;/h1-3,8,13-14,17H,4-7,9-12H2,(H,19,21);2*1H. The van der Waals surface area contributed by atoms with Crippen LogP contribution in [0.15, 0.2) is 24.4 Å². The lowest BCUT2D eigenvalue weighted by atomic mass is 10.0. The number of rotatable bonds is 6. The van der Waals surface area contributed by atoms with Crippen LogP contribution in [0, 0.1) is 5.92 Å². The van der Waals surface area contributed by atoms with Gasteiger partial charge in [-0.2, -0.15) is 0 Å². The van der Waals surface area contributed by atoms with Gasteiger partial charge in [0, 0.05) is 25.3 Å². The molecule has 2 fully saturated rings. The molecule has 2 N–H and O–H groups in total. The number of nitrogens with one attached hydrogen (secondary N) is 2. The molecule has 7 heteroatoms. The minimum atomic E-state index is 0. The number of nitrogens with zero attached hydrogens (tertiary/aromatic N) is 2. The summed E-state index contributed by atoms with van der Waals surface area (Å²) in [5.41, 5.74) is 0. The number of piperidine rings is 1. The third kappa shape index (κ3) is 6.53. The summed E-state index contributed by atoms with van der Waals surface area (Å²) in [6.45, 7) is 3.36. The molecule has 0 spiro atoms. The number of anilines is 1. The Bertz CT molecular complexity index is 462. The van der Waals surface area contributed by atoms with Gasteiger partial charge in [0.25, 0.3) is 0 Å². The van der Waals surface area contributed by atoms with Crippen molar-refractivity contribution in [2.24, 2.45) is 5.92 Å². The molecule has 1 aromatic heterocycles. The van der Waals surface area contributed by atoms with Crippen molar-refractivity contribution in [1.82, 2.24) is 15.6 Å². The number of carbonyl (C=O) groups is 1. The Kier molecular flexibility index (Phi) is 8.66. The fourth-order valence-corrected chi connectivity index (χ4v) is 2.78. The van der Waals surface area contributed by atoms with Gasteiger partial charge in [-0.3, -0.25) is 4.79 Å². The van der Waals surface area contributed by atoms with Gasteiger partial charge in [0.05, 0.1) is 6.54 Å². The number of hydrogen-bond acceptors (Lipinski definition) is 4. The first kappa shape index (κ1) is 20.0. The number of aromatic nitrogens is 1. The second-order valence-electron chi connectivity index (χ2n) is 6.09. The summed E-state index contributed by atoms with van der Waals surface area (Å²) in [6, 6.07) is 6.30. The van der Waals surface area contributed by atoms with E-state index in [0.29, 0.717) is 12.6 Å². The van der Waals surface area contributed by atoms with Gasteiger partial charge in [0.2, 0.25) is 5.91 Å². The SMILES string of the molecule is Cl.Cl.O=C(CNCC1CC1)NC1CCN(c2ccccn2)CC1. The Morgan fingerprint density at radius 1 is 1.17 bits per heavy atom. The van der Waals surface area contributed by atoms with Crippen LogP contribution in [0.25, 0.3) is 0 Å². The van der Waals surface area contributed by atoms with E-state index in [9.17, 15) is 4.79 Å². The molecule has 1 aromatic rings. The predicted octanol–water partition coefficient (Wildman–Crippen LogP) is 2.01. The van der Waals surface area contributed by atoms with E-state index < -0.39 is 0 Å². The van der Waals surface area contributed by atoms with Gasteiger partial charge in [0.15, 0.2) is 0 Å². The number of halogens is 2. The predicted molar refractivity (Wildman–Crippen MR) is 97.7 cm³/mol. The Labute approximate surface area is 150 Å². The van der Waals surface area contributed by atoms with Crippen molar-refractivity contribution in [3.63, 3.8) is 0 Å². The molecule has 0 bridgehead atoms. The van der Waals surface area contributed by atoms with Crippen LogP contribution in [0.4, 0.5) is 5.82 Å². The molecule has 2 heterocycles. The van der Waals surface area contributed by atoms with E-state index in [1.165, 1.54) is 12.8 Å². The van der Waals surface area contributed by atoms with Gasteiger partial charge < -0.3 is 15.5 Å². The van der Waals surface area contributed by atoms with Crippen LogP contribution >= 0.6 is 24.8 Å². The highest BCUT2D eigenvalue weighted by atomic mass is 35.5. The molecule has 1 saturated heterocycles. The average molecular weight is 361 g/mol. The zero-order chi connectivity index (χ0) is 14.5. The number of pyridine rings is 1. The molecule has 1 aliphatic heterocycles. The van der Waals surface area contributed by atoms with Gasteiger partial charge in [-0.05, 0) is 50.3 Å². The minimum absolute atomic E-state index is 0. The maximum Gasteiger partial charge on any atom is 0.234 e. The van der Waals surface area contributed by atoms with Crippen LogP contribution in [-0.2, 0) is 4.79 Å².